The lowest BCUT2D eigenvalue weighted by Gasteiger charge is -2.09. The van der Waals surface area contributed by atoms with Crippen molar-refractivity contribution in [2.24, 2.45) is 16.5 Å². The molecule has 37 heavy (non-hydrogen) atoms. The first kappa shape index (κ1) is 27.9. The first-order valence-corrected chi connectivity index (χ1v) is 10.9. The summed E-state index contributed by atoms with van der Waals surface area (Å²) in [4.78, 5) is 37.1. The number of aliphatic imine (C=N–C) groups is 1. The highest BCUT2D eigenvalue weighted by Gasteiger charge is 2.06. The molecule has 0 saturated carbocycles. The first-order valence-electron chi connectivity index (χ1n) is 10.9. The van der Waals surface area contributed by atoms with Crippen molar-refractivity contribution in [2.45, 2.75) is 0 Å². The number of nitrogens with zero attached hydrogens (tertiary/aromatic N) is 1. The van der Waals surface area contributed by atoms with Crippen LogP contribution >= 0.6 is 0 Å². The number of aromatic hydroxyl groups is 1. The largest absolute Gasteiger partial charge is 0.508 e. The normalized spacial score (nSPS) is 10.3. The Morgan fingerprint density at radius 2 is 1.43 bits per heavy atom. The molecular formula is C26H29N7O4. The van der Waals surface area contributed by atoms with E-state index in [0.717, 1.165) is 17.3 Å². The second-order valence-corrected chi connectivity index (χ2v) is 7.42. The number of amides is 4. The summed E-state index contributed by atoms with van der Waals surface area (Å²) in [7, 11) is 3.19. The fraction of sp³-hybridized carbons (Fsp3) is 0.0769. The summed E-state index contributed by atoms with van der Waals surface area (Å²) in [5, 5.41) is 20.2. The van der Waals surface area contributed by atoms with Crippen LogP contribution < -0.4 is 32.7 Å². The van der Waals surface area contributed by atoms with Gasteiger partial charge in [-0.15, -0.1) is 0 Å². The second kappa shape index (κ2) is 13.5. The molecule has 0 aliphatic carbocycles. The fourth-order valence-electron chi connectivity index (χ4n) is 2.98. The van der Waals surface area contributed by atoms with Crippen molar-refractivity contribution in [3.8, 4) is 16.9 Å². The van der Waals surface area contributed by atoms with Crippen LogP contribution in [0.15, 0.2) is 84.4 Å². The van der Waals surface area contributed by atoms with E-state index in [0.29, 0.717) is 28.5 Å². The molecule has 4 amide bonds. The quantitative estimate of drug-likeness (QED) is 0.154. The molecule has 3 aromatic carbocycles. The minimum Gasteiger partial charge on any atom is -0.508 e. The molecule has 3 rings (SSSR count). The number of rotatable bonds is 6. The van der Waals surface area contributed by atoms with Crippen molar-refractivity contribution in [3.63, 3.8) is 0 Å². The Labute approximate surface area is 214 Å². The van der Waals surface area contributed by atoms with Crippen LogP contribution in [-0.4, -0.2) is 43.0 Å². The summed E-state index contributed by atoms with van der Waals surface area (Å²) < 4.78 is 0. The number of phenols is 1. The highest BCUT2D eigenvalue weighted by molar-refractivity contribution is 5.99. The van der Waals surface area contributed by atoms with Gasteiger partial charge in [0.2, 0.25) is 5.91 Å². The van der Waals surface area contributed by atoms with Crippen LogP contribution in [0.5, 0.6) is 5.75 Å². The van der Waals surface area contributed by atoms with Gasteiger partial charge in [-0.3, -0.25) is 14.6 Å². The summed E-state index contributed by atoms with van der Waals surface area (Å²) >= 11 is 0. The smallest absolute Gasteiger partial charge is 0.316 e. The number of guanidine groups is 1. The maximum Gasteiger partial charge on any atom is 0.316 e. The molecule has 0 unspecified atom stereocenters. The zero-order valence-electron chi connectivity index (χ0n) is 20.4. The number of carbonyl (C=O) groups is 3. The summed E-state index contributed by atoms with van der Waals surface area (Å²) in [6.07, 6.45) is 1.15. The molecule has 0 spiro atoms. The van der Waals surface area contributed by atoms with E-state index in [1.165, 1.54) is 6.07 Å². The number of benzene rings is 3. The maximum atomic E-state index is 11.3. The van der Waals surface area contributed by atoms with Crippen LogP contribution in [0.1, 0.15) is 10.4 Å². The number of primary amides is 1. The average molecular weight is 504 g/mol. The van der Waals surface area contributed by atoms with Gasteiger partial charge in [-0.25, -0.2) is 4.79 Å². The zero-order chi connectivity index (χ0) is 27.4. The lowest BCUT2D eigenvalue weighted by Crippen LogP contribution is -2.22. The van der Waals surface area contributed by atoms with E-state index in [9.17, 15) is 19.5 Å². The Hall–Kier alpha value is -5.32. The SMILES string of the molecule is C=CC(=O)Nc1cc(O)cc(-c2ccc(NC(N)=O)cc2)c1.CN=C(N)Nc1ccc(C(=O)NC)cc1. The number of carbonyl (C=O) groups excluding carboxylic acids is 3. The Morgan fingerprint density at radius 1 is 0.838 bits per heavy atom. The van der Waals surface area contributed by atoms with E-state index in [1.807, 2.05) is 0 Å². The molecule has 0 atom stereocenters. The van der Waals surface area contributed by atoms with Gasteiger partial charge in [0, 0.05) is 42.8 Å². The third-order valence-corrected chi connectivity index (χ3v) is 4.74. The van der Waals surface area contributed by atoms with Crippen LogP contribution in [0.2, 0.25) is 0 Å². The van der Waals surface area contributed by atoms with Gasteiger partial charge in [0.25, 0.3) is 5.91 Å². The molecule has 11 heteroatoms. The topological polar surface area (TPSA) is 184 Å². The number of urea groups is 1. The minimum absolute atomic E-state index is 0.0243. The number of hydrogen-bond donors (Lipinski definition) is 7. The standard InChI is InChI=1S/C16H15N3O3.C10H14N4O/c1-2-15(21)18-13-7-11(8-14(20)9-13)10-3-5-12(6-4-10)19-16(17)22;1-12-9(15)7-3-5-8(6-4-7)14-10(11)13-2/h2-9,20H,1H2,(H,18,21)(H3,17,19,22);3-6H,1-2H3,(H,12,15)(H3,11,13,14). The van der Waals surface area contributed by atoms with Crippen molar-refractivity contribution in [1.29, 1.82) is 0 Å². The number of nitrogens with two attached hydrogens (primary N) is 2. The lowest BCUT2D eigenvalue weighted by molar-refractivity contribution is -0.111. The molecule has 0 fully saturated rings. The molecule has 3 aromatic rings. The first-order chi connectivity index (χ1) is 17.6. The van der Waals surface area contributed by atoms with Crippen molar-refractivity contribution >= 4 is 40.9 Å². The van der Waals surface area contributed by atoms with Gasteiger partial charge >= 0.3 is 6.03 Å². The predicted molar refractivity (Wildman–Crippen MR) is 147 cm³/mol. The number of nitrogens with one attached hydrogen (secondary N) is 4. The zero-order valence-corrected chi connectivity index (χ0v) is 20.4. The van der Waals surface area contributed by atoms with Gasteiger partial charge in [-0.05, 0) is 65.7 Å². The number of phenolic OH excluding ortho intramolecular Hbond substituents is 1. The van der Waals surface area contributed by atoms with Gasteiger partial charge in [-0.1, -0.05) is 18.7 Å². The van der Waals surface area contributed by atoms with Gasteiger partial charge in [-0.2, -0.15) is 0 Å². The molecule has 0 bridgehead atoms. The minimum atomic E-state index is -0.639. The molecule has 0 heterocycles. The predicted octanol–water partition coefficient (Wildman–Crippen LogP) is 3.08. The number of hydrogen-bond acceptors (Lipinski definition) is 5. The Morgan fingerprint density at radius 3 is 1.97 bits per heavy atom. The van der Waals surface area contributed by atoms with Crippen LogP contribution in [-0.2, 0) is 4.79 Å². The summed E-state index contributed by atoms with van der Waals surface area (Å²) in [5.74, 6) is -0.116. The Balaban J connectivity index is 0.000000281. The van der Waals surface area contributed by atoms with Crippen LogP contribution in [0.25, 0.3) is 11.1 Å². The molecule has 0 aliphatic heterocycles. The Kier molecular flexibility index (Phi) is 10.2. The van der Waals surface area contributed by atoms with Crippen molar-refractivity contribution in [2.75, 3.05) is 30.0 Å². The van der Waals surface area contributed by atoms with E-state index in [-0.39, 0.29) is 17.6 Å². The molecular weight excluding hydrogens is 474 g/mol. The third-order valence-electron chi connectivity index (χ3n) is 4.74. The van der Waals surface area contributed by atoms with E-state index < -0.39 is 6.03 Å². The van der Waals surface area contributed by atoms with Crippen LogP contribution in [0, 0.1) is 0 Å². The monoisotopic (exact) mass is 503 g/mol. The summed E-state index contributed by atoms with van der Waals surface area (Å²) in [6, 6.07) is 17.9. The molecule has 0 saturated heterocycles. The van der Waals surface area contributed by atoms with Gasteiger partial charge < -0.3 is 37.8 Å². The van der Waals surface area contributed by atoms with E-state index in [1.54, 1.807) is 74.8 Å². The van der Waals surface area contributed by atoms with Crippen molar-refractivity contribution in [3.05, 3.63) is 84.9 Å². The highest BCUT2D eigenvalue weighted by Crippen LogP contribution is 2.29. The average Bonchev–Trinajstić information content (AvgIpc) is 2.88. The fourth-order valence-corrected chi connectivity index (χ4v) is 2.98. The van der Waals surface area contributed by atoms with E-state index >= 15 is 0 Å². The van der Waals surface area contributed by atoms with E-state index in [4.69, 9.17) is 11.5 Å². The molecule has 9 N–H and O–H groups in total. The molecule has 0 aliphatic rings. The van der Waals surface area contributed by atoms with Gasteiger partial charge in [0.15, 0.2) is 5.96 Å². The highest BCUT2D eigenvalue weighted by atomic mass is 16.3. The van der Waals surface area contributed by atoms with Crippen molar-refractivity contribution < 1.29 is 19.5 Å². The van der Waals surface area contributed by atoms with Crippen molar-refractivity contribution in [1.82, 2.24) is 5.32 Å². The van der Waals surface area contributed by atoms with Gasteiger partial charge in [0.05, 0.1) is 0 Å². The third kappa shape index (κ3) is 9.09. The van der Waals surface area contributed by atoms with Crippen LogP contribution in [0.3, 0.4) is 0 Å². The number of anilines is 3. The van der Waals surface area contributed by atoms with Crippen LogP contribution in [0.4, 0.5) is 21.9 Å². The summed E-state index contributed by atoms with van der Waals surface area (Å²) in [5.41, 5.74) is 14.5. The van der Waals surface area contributed by atoms with Gasteiger partial charge in [0.1, 0.15) is 5.75 Å². The molecule has 0 aromatic heterocycles. The lowest BCUT2D eigenvalue weighted by atomic mass is 10.0. The molecule has 11 nitrogen and oxygen atoms in total. The molecule has 192 valence electrons. The Bertz CT molecular complexity index is 1290. The molecule has 0 radical (unpaired) electrons. The maximum absolute atomic E-state index is 11.3. The van der Waals surface area contributed by atoms with E-state index in [2.05, 4.69) is 32.8 Å². The summed E-state index contributed by atoms with van der Waals surface area (Å²) in [6.45, 7) is 3.37. The second-order valence-electron chi connectivity index (χ2n) is 7.42.